The summed E-state index contributed by atoms with van der Waals surface area (Å²) in [6, 6.07) is 3.01. The van der Waals surface area contributed by atoms with Crippen LogP contribution in [0.25, 0.3) is 0 Å². The molecule has 0 aliphatic carbocycles. The molecule has 2 heterocycles. The number of H-pyrrole nitrogens is 1. The van der Waals surface area contributed by atoms with Crippen molar-refractivity contribution in [3.8, 4) is 0 Å². The molecule has 0 radical (unpaired) electrons. The molecule has 0 aliphatic heterocycles. The number of anilines is 1. The molecule has 0 saturated carbocycles. The topological polar surface area (TPSA) is 87.7 Å². The number of pyridine rings is 1. The molecular weight excluding hydrogens is 252 g/mol. The molecule has 6 nitrogen and oxygen atoms in total. The normalized spacial score (nSPS) is 11.3. The van der Waals surface area contributed by atoms with Crippen LogP contribution in [0, 0.1) is 0 Å². The van der Waals surface area contributed by atoms with E-state index < -0.39 is 10.0 Å². The fourth-order valence-corrected chi connectivity index (χ4v) is 2.04. The van der Waals surface area contributed by atoms with Crippen LogP contribution in [0.15, 0.2) is 35.9 Å². The van der Waals surface area contributed by atoms with Crippen molar-refractivity contribution in [3.05, 3.63) is 35.9 Å². The van der Waals surface area contributed by atoms with Gasteiger partial charge in [-0.1, -0.05) is 11.6 Å². The highest BCUT2D eigenvalue weighted by Gasteiger charge is 2.15. The lowest BCUT2D eigenvalue weighted by molar-refractivity contribution is 0.598. The average Bonchev–Trinajstić information content (AvgIpc) is 2.75. The van der Waals surface area contributed by atoms with Gasteiger partial charge in [0.1, 0.15) is 5.82 Å². The van der Waals surface area contributed by atoms with E-state index in [1.165, 1.54) is 24.8 Å². The largest absolute Gasteiger partial charge is 0.334 e. The third-order valence-corrected chi connectivity index (χ3v) is 3.23. The summed E-state index contributed by atoms with van der Waals surface area (Å²) in [5.74, 6) is 0.194. The Morgan fingerprint density at radius 3 is 2.69 bits per heavy atom. The summed E-state index contributed by atoms with van der Waals surface area (Å²) in [6.45, 7) is 0. The summed E-state index contributed by atoms with van der Waals surface area (Å²) in [7, 11) is -3.66. The zero-order valence-electron chi connectivity index (χ0n) is 7.88. The Morgan fingerprint density at radius 1 is 1.31 bits per heavy atom. The molecule has 2 N–H and O–H groups in total. The Bertz CT molecular complexity index is 565. The molecule has 16 heavy (non-hydrogen) atoms. The molecule has 0 atom stereocenters. The van der Waals surface area contributed by atoms with E-state index in [9.17, 15) is 8.42 Å². The number of halogens is 1. The van der Waals surface area contributed by atoms with Crippen molar-refractivity contribution in [1.29, 1.82) is 0 Å². The predicted octanol–water partition coefficient (Wildman–Crippen LogP) is 1.26. The molecule has 0 unspecified atom stereocenters. The van der Waals surface area contributed by atoms with E-state index in [0.29, 0.717) is 5.02 Å². The van der Waals surface area contributed by atoms with Gasteiger partial charge in [-0.25, -0.2) is 9.97 Å². The SMILES string of the molecule is O=S(=O)(Nc1ccc(Cl)cn1)c1cnc[nH]1. The Balaban J connectivity index is 2.25. The first-order valence-electron chi connectivity index (χ1n) is 4.21. The Labute approximate surface area is 96.8 Å². The zero-order valence-corrected chi connectivity index (χ0v) is 9.46. The van der Waals surface area contributed by atoms with Gasteiger partial charge in [-0.05, 0) is 12.1 Å². The number of sulfonamides is 1. The maximum atomic E-state index is 11.7. The first-order valence-corrected chi connectivity index (χ1v) is 6.07. The Kier molecular flexibility index (Phi) is 2.80. The van der Waals surface area contributed by atoms with Crippen LogP contribution in [-0.2, 0) is 10.0 Å². The summed E-state index contributed by atoms with van der Waals surface area (Å²) in [5, 5.41) is 0.411. The number of nitrogens with zero attached hydrogens (tertiary/aromatic N) is 2. The second-order valence-electron chi connectivity index (χ2n) is 2.88. The van der Waals surface area contributed by atoms with Crippen molar-refractivity contribution in [2.75, 3.05) is 4.72 Å². The first kappa shape index (κ1) is 10.9. The molecular formula is C8H7ClN4O2S. The lowest BCUT2D eigenvalue weighted by Crippen LogP contribution is -2.14. The molecule has 8 heteroatoms. The Hall–Kier alpha value is -1.60. The number of rotatable bonds is 3. The number of aromatic nitrogens is 3. The van der Waals surface area contributed by atoms with E-state index in [1.807, 2.05) is 0 Å². The minimum absolute atomic E-state index is 0.0238. The van der Waals surface area contributed by atoms with Crippen molar-refractivity contribution in [3.63, 3.8) is 0 Å². The number of aromatic amines is 1. The van der Waals surface area contributed by atoms with Crippen LogP contribution in [0.3, 0.4) is 0 Å². The summed E-state index contributed by atoms with van der Waals surface area (Å²) >= 11 is 5.63. The number of hydrogen-bond acceptors (Lipinski definition) is 4. The van der Waals surface area contributed by atoms with Gasteiger partial charge in [0, 0.05) is 6.20 Å². The highest BCUT2D eigenvalue weighted by Crippen LogP contribution is 2.13. The van der Waals surface area contributed by atoms with Crippen molar-refractivity contribution in [2.24, 2.45) is 0 Å². The van der Waals surface area contributed by atoms with Crippen molar-refractivity contribution >= 4 is 27.4 Å². The van der Waals surface area contributed by atoms with Crippen LogP contribution in [-0.4, -0.2) is 23.4 Å². The van der Waals surface area contributed by atoms with Gasteiger partial charge in [0.25, 0.3) is 10.0 Å². The van der Waals surface area contributed by atoms with Gasteiger partial charge >= 0.3 is 0 Å². The molecule has 0 aliphatic rings. The van der Waals surface area contributed by atoms with Gasteiger partial charge in [-0.2, -0.15) is 8.42 Å². The standard InChI is InChI=1S/C8H7ClN4O2S/c9-6-1-2-7(11-3-6)13-16(14,15)8-4-10-5-12-8/h1-5H,(H,10,12)(H,11,13). The molecule has 0 saturated heterocycles. The molecule has 0 fully saturated rings. The minimum atomic E-state index is -3.66. The van der Waals surface area contributed by atoms with Crippen LogP contribution in [0.5, 0.6) is 0 Å². The monoisotopic (exact) mass is 258 g/mol. The van der Waals surface area contributed by atoms with E-state index in [2.05, 4.69) is 19.7 Å². The highest BCUT2D eigenvalue weighted by molar-refractivity contribution is 7.92. The summed E-state index contributed by atoms with van der Waals surface area (Å²) in [5.41, 5.74) is 0. The number of hydrogen-bond donors (Lipinski definition) is 2. The second-order valence-corrected chi connectivity index (χ2v) is 4.97. The van der Waals surface area contributed by atoms with E-state index in [1.54, 1.807) is 6.07 Å². The van der Waals surface area contributed by atoms with Gasteiger partial charge in [0.15, 0.2) is 5.03 Å². The van der Waals surface area contributed by atoms with Crippen LogP contribution in [0.4, 0.5) is 5.82 Å². The summed E-state index contributed by atoms with van der Waals surface area (Å²) in [4.78, 5) is 9.94. The molecule has 0 spiro atoms. The zero-order chi connectivity index (χ0) is 11.6. The van der Waals surface area contributed by atoms with Crippen molar-refractivity contribution < 1.29 is 8.42 Å². The van der Waals surface area contributed by atoms with Crippen LogP contribution in [0.2, 0.25) is 5.02 Å². The fraction of sp³-hybridized carbons (Fsp3) is 0. The van der Waals surface area contributed by atoms with Crippen LogP contribution in [0.1, 0.15) is 0 Å². The number of imidazole rings is 1. The average molecular weight is 259 g/mol. The van der Waals surface area contributed by atoms with Crippen molar-refractivity contribution in [2.45, 2.75) is 5.03 Å². The van der Waals surface area contributed by atoms with Crippen LogP contribution < -0.4 is 4.72 Å². The van der Waals surface area contributed by atoms with E-state index in [0.717, 1.165) is 0 Å². The van der Waals surface area contributed by atoms with E-state index in [-0.39, 0.29) is 10.8 Å². The summed E-state index contributed by atoms with van der Waals surface area (Å²) in [6.07, 6.45) is 3.84. The molecule has 2 aromatic rings. The van der Waals surface area contributed by atoms with Gasteiger partial charge in [-0.3, -0.25) is 4.72 Å². The van der Waals surface area contributed by atoms with Gasteiger partial charge < -0.3 is 4.98 Å². The molecule has 0 bridgehead atoms. The molecule has 84 valence electrons. The lowest BCUT2D eigenvalue weighted by atomic mass is 10.5. The second kappa shape index (κ2) is 4.11. The third-order valence-electron chi connectivity index (χ3n) is 1.73. The minimum Gasteiger partial charge on any atom is -0.334 e. The smallest absolute Gasteiger partial charge is 0.280 e. The lowest BCUT2D eigenvalue weighted by Gasteiger charge is -2.04. The molecule has 0 aromatic carbocycles. The van der Waals surface area contributed by atoms with E-state index in [4.69, 9.17) is 11.6 Å². The Morgan fingerprint density at radius 2 is 2.12 bits per heavy atom. The van der Waals surface area contributed by atoms with Gasteiger partial charge in [0.05, 0.1) is 17.5 Å². The van der Waals surface area contributed by atoms with E-state index >= 15 is 0 Å². The summed E-state index contributed by atoms with van der Waals surface area (Å²) < 4.78 is 25.7. The number of nitrogens with one attached hydrogen (secondary N) is 2. The predicted molar refractivity (Wildman–Crippen MR) is 58.6 cm³/mol. The van der Waals surface area contributed by atoms with Crippen molar-refractivity contribution in [1.82, 2.24) is 15.0 Å². The highest BCUT2D eigenvalue weighted by atomic mass is 35.5. The van der Waals surface area contributed by atoms with Gasteiger partial charge in [-0.15, -0.1) is 0 Å². The van der Waals surface area contributed by atoms with Gasteiger partial charge in [0.2, 0.25) is 0 Å². The molecule has 2 aromatic heterocycles. The maximum Gasteiger partial charge on any atom is 0.280 e. The molecule has 2 rings (SSSR count). The quantitative estimate of drug-likeness (QED) is 0.868. The fourth-order valence-electron chi connectivity index (χ4n) is 1.02. The third kappa shape index (κ3) is 2.31. The molecule has 0 amide bonds. The van der Waals surface area contributed by atoms with Crippen LogP contribution >= 0.6 is 11.6 Å². The maximum absolute atomic E-state index is 11.7. The first-order chi connectivity index (χ1) is 7.58.